The minimum absolute atomic E-state index is 0.138. The van der Waals surface area contributed by atoms with Crippen LogP contribution in [0.15, 0.2) is 36.7 Å². The van der Waals surface area contributed by atoms with Gasteiger partial charge in [-0.15, -0.1) is 0 Å². The van der Waals surface area contributed by atoms with Crippen LogP contribution in [0.25, 0.3) is 0 Å². The number of hydrogen-bond acceptors (Lipinski definition) is 4. The molecular weight excluding hydrogens is 316 g/mol. The second kappa shape index (κ2) is 6.52. The number of nitrogens with zero attached hydrogens (tertiary/aromatic N) is 4. The zero-order chi connectivity index (χ0) is 17.4. The molecule has 2 fully saturated rings. The van der Waals surface area contributed by atoms with Crippen LogP contribution in [0.3, 0.4) is 0 Å². The lowest BCUT2D eigenvalue weighted by Crippen LogP contribution is -2.32. The van der Waals surface area contributed by atoms with E-state index in [0.717, 1.165) is 43.3 Å². The summed E-state index contributed by atoms with van der Waals surface area (Å²) in [6, 6.07) is 7.97. The molecule has 0 radical (unpaired) electrons. The molecule has 0 spiro atoms. The summed E-state index contributed by atoms with van der Waals surface area (Å²) in [6.45, 7) is 4.18. The van der Waals surface area contributed by atoms with E-state index < -0.39 is 0 Å². The van der Waals surface area contributed by atoms with Crippen LogP contribution in [0.4, 0.5) is 0 Å². The predicted octanol–water partition coefficient (Wildman–Crippen LogP) is 1.52. The number of fused-ring (bicyclic) bond motifs is 1. The average molecular weight is 340 g/mol. The summed E-state index contributed by atoms with van der Waals surface area (Å²) in [7, 11) is 3.68. The SMILES string of the molecule is COc1ccc(CN2C[C@@H]3CN(Cc4nccn4C)C[C@H]3C2=O)cc1. The summed E-state index contributed by atoms with van der Waals surface area (Å²) in [5, 5.41) is 0. The van der Waals surface area contributed by atoms with E-state index in [0.29, 0.717) is 18.4 Å². The smallest absolute Gasteiger partial charge is 0.227 e. The summed E-state index contributed by atoms with van der Waals surface area (Å²) >= 11 is 0. The van der Waals surface area contributed by atoms with Crippen LogP contribution >= 0.6 is 0 Å². The molecule has 6 heteroatoms. The fourth-order valence-electron chi connectivity index (χ4n) is 4.00. The minimum atomic E-state index is 0.138. The Balaban J connectivity index is 1.36. The number of amides is 1. The lowest BCUT2D eigenvalue weighted by Gasteiger charge is -2.21. The summed E-state index contributed by atoms with van der Waals surface area (Å²) in [5.41, 5.74) is 1.15. The predicted molar refractivity (Wildman–Crippen MR) is 93.9 cm³/mol. The molecule has 1 amide bonds. The van der Waals surface area contributed by atoms with Gasteiger partial charge in [-0.05, 0) is 17.7 Å². The van der Waals surface area contributed by atoms with Crippen LogP contribution in [-0.2, 0) is 24.9 Å². The molecular formula is C19H24N4O2. The molecule has 1 aromatic heterocycles. The fraction of sp³-hybridized carbons (Fsp3) is 0.474. The Kier molecular flexibility index (Phi) is 4.21. The molecule has 3 heterocycles. The third-order valence-electron chi connectivity index (χ3n) is 5.42. The number of ether oxygens (including phenoxy) is 1. The van der Waals surface area contributed by atoms with Crippen molar-refractivity contribution in [2.75, 3.05) is 26.7 Å². The van der Waals surface area contributed by atoms with Crippen molar-refractivity contribution in [3.8, 4) is 5.75 Å². The normalized spacial score (nSPS) is 23.3. The third-order valence-corrected chi connectivity index (χ3v) is 5.42. The monoisotopic (exact) mass is 340 g/mol. The molecule has 0 unspecified atom stereocenters. The van der Waals surface area contributed by atoms with Gasteiger partial charge in [0.2, 0.25) is 5.91 Å². The van der Waals surface area contributed by atoms with Crippen molar-refractivity contribution in [2.45, 2.75) is 13.1 Å². The Labute approximate surface area is 148 Å². The van der Waals surface area contributed by atoms with Gasteiger partial charge in [0.15, 0.2) is 0 Å². The Hall–Kier alpha value is -2.34. The highest BCUT2D eigenvalue weighted by atomic mass is 16.5. The van der Waals surface area contributed by atoms with Gasteiger partial charge in [0.25, 0.3) is 0 Å². The lowest BCUT2D eigenvalue weighted by molar-refractivity contribution is -0.131. The molecule has 1 aromatic carbocycles. The standard InChI is InChI=1S/C19H24N4O2/c1-21-8-7-20-18(21)13-22-10-15-11-23(19(24)17(15)12-22)9-14-3-5-16(25-2)6-4-14/h3-8,15,17H,9-13H2,1-2H3/t15-,17+/m0/s1. The third kappa shape index (κ3) is 3.14. The number of aromatic nitrogens is 2. The second-order valence-electron chi connectivity index (χ2n) is 7.08. The van der Waals surface area contributed by atoms with Gasteiger partial charge < -0.3 is 14.2 Å². The number of likely N-dealkylation sites (tertiary alicyclic amines) is 2. The molecule has 0 bridgehead atoms. The van der Waals surface area contributed by atoms with Gasteiger partial charge in [-0.3, -0.25) is 9.69 Å². The van der Waals surface area contributed by atoms with Gasteiger partial charge >= 0.3 is 0 Å². The van der Waals surface area contributed by atoms with E-state index in [-0.39, 0.29) is 5.92 Å². The van der Waals surface area contributed by atoms with Crippen molar-refractivity contribution in [2.24, 2.45) is 18.9 Å². The highest BCUT2D eigenvalue weighted by Gasteiger charge is 2.46. The Morgan fingerprint density at radius 2 is 1.96 bits per heavy atom. The molecule has 6 nitrogen and oxygen atoms in total. The number of imidazole rings is 1. The van der Waals surface area contributed by atoms with Crippen LogP contribution < -0.4 is 4.74 Å². The molecule has 2 saturated heterocycles. The zero-order valence-corrected chi connectivity index (χ0v) is 14.8. The number of carbonyl (C=O) groups excluding carboxylic acids is 1. The van der Waals surface area contributed by atoms with Gasteiger partial charge in [-0.1, -0.05) is 12.1 Å². The maximum Gasteiger partial charge on any atom is 0.227 e. The van der Waals surface area contributed by atoms with Crippen LogP contribution in [0.1, 0.15) is 11.4 Å². The Morgan fingerprint density at radius 3 is 2.60 bits per heavy atom. The van der Waals surface area contributed by atoms with Crippen LogP contribution in [0.2, 0.25) is 0 Å². The van der Waals surface area contributed by atoms with E-state index in [2.05, 4.69) is 9.88 Å². The van der Waals surface area contributed by atoms with E-state index in [1.54, 1.807) is 7.11 Å². The molecule has 2 aliphatic heterocycles. The van der Waals surface area contributed by atoms with Crippen molar-refractivity contribution in [3.05, 3.63) is 48.0 Å². The number of methoxy groups -OCH3 is 1. The highest BCUT2D eigenvalue weighted by molar-refractivity contribution is 5.82. The first-order valence-corrected chi connectivity index (χ1v) is 8.74. The minimum Gasteiger partial charge on any atom is -0.497 e. The molecule has 132 valence electrons. The fourth-order valence-corrected chi connectivity index (χ4v) is 4.00. The van der Waals surface area contributed by atoms with Gasteiger partial charge in [-0.25, -0.2) is 4.98 Å². The number of benzene rings is 1. The Bertz CT molecular complexity index is 755. The Morgan fingerprint density at radius 1 is 1.16 bits per heavy atom. The topological polar surface area (TPSA) is 50.6 Å². The van der Waals surface area contributed by atoms with Crippen molar-refractivity contribution in [3.63, 3.8) is 0 Å². The molecule has 2 aromatic rings. The van der Waals surface area contributed by atoms with Crippen LogP contribution in [-0.4, -0.2) is 52.0 Å². The zero-order valence-electron chi connectivity index (χ0n) is 14.8. The quantitative estimate of drug-likeness (QED) is 0.828. The summed E-state index contributed by atoms with van der Waals surface area (Å²) in [6.07, 6.45) is 3.79. The molecule has 0 saturated carbocycles. The number of carbonyl (C=O) groups is 1. The van der Waals surface area contributed by atoms with E-state index in [1.165, 1.54) is 0 Å². The van der Waals surface area contributed by atoms with Crippen molar-refractivity contribution in [1.29, 1.82) is 0 Å². The largest absolute Gasteiger partial charge is 0.497 e. The van der Waals surface area contributed by atoms with E-state index in [1.807, 2.05) is 53.2 Å². The van der Waals surface area contributed by atoms with Gasteiger partial charge in [-0.2, -0.15) is 0 Å². The van der Waals surface area contributed by atoms with E-state index in [9.17, 15) is 4.79 Å². The van der Waals surface area contributed by atoms with Crippen molar-refractivity contribution in [1.82, 2.24) is 19.4 Å². The van der Waals surface area contributed by atoms with Crippen LogP contribution in [0, 0.1) is 11.8 Å². The average Bonchev–Trinajstić information content (AvgIpc) is 3.27. The second-order valence-corrected chi connectivity index (χ2v) is 7.08. The maximum atomic E-state index is 12.8. The van der Waals surface area contributed by atoms with Gasteiger partial charge in [0.05, 0.1) is 19.6 Å². The summed E-state index contributed by atoms with van der Waals surface area (Å²) in [4.78, 5) is 21.5. The summed E-state index contributed by atoms with van der Waals surface area (Å²) in [5.74, 6) is 2.77. The molecule has 2 aliphatic rings. The first kappa shape index (κ1) is 16.1. The molecule has 0 aliphatic carbocycles. The number of rotatable bonds is 5. The van der Waals surface area contributed by atoms with Crippen molar-refractivity contribution >= 4 is 5.91 Å². The highest BCUT2D eigenvalue weighted by Crippen LogP contribution is 2.33. The first-order chi connectivity index (χ1) is 12.1. The van der Waals surface area contributed by atoms with Crippen molar-refractivity contribution < 1.29 is 9.53 Å². The lowest BCUT2D eigenvalue weighted by atomic mass is 10.0. The van der Waals surface area contributed by atoms with E-state index in [4.69, 9.17) is 4.74 Å². The van der Waals surface area contributed by atoms with Crippen LogP contribution in [0.5, 0.6) is 5.75 Å². The first-order valence-electron chi connectivity index (χ1n) is 8.74. The molecule has 2 atom stereocenters. The van der Waals surface area contributed by atoms with Gasteiger partial charge in [0, 0.05) is 51.5 Å². The van der Waals surface area contributed by atoms with E-state index >= 15 is 0 Å². The van der Waals surface area contributed by atoms with Gasteiger partial charge in [0.1, 0.15) is 11.6 Å². The summed E-state index contributed by atoms with van der Waals surface area (Å²) < 4.78 is 7.24. The molecule has 4 rings (SSSR count). The number of hydrogen-bond donors (Lipinski definition) is 0. The molecule has 25 heavy (non-hydrogen) atoms. The number of aryl methyl sites for hydroxylation is 1. The maximum absolute atomic E-state index is 12.8. The molecule has 0 N–H and O–H groups in total.